The molecule has 0 aromatic rings. The lowest BCUT2D eigenvalue weighted by molar-refractivity contribution is 0.0388. The van der Waals surface area contributed by atoms with Gasteiger partial charge in [-0.3, -0.25) is 4.90 Å². The van der Waals surface area contributed by atoms with E-state index in [1.807, 2.05) is 6.92 Å². The number of rotatable bonds is 5. The first-order valence-corrected chi connectivity index (χ1v) is 7.35. The van der Waals surface area contributed by atoms with Crippen LogP contribution in [-0.2, 0) is 0 Å². The molecule has 2 aliphatic rings. The van der Waals surface area contributed by atoms with E-state index in [0.29, 0.717) is 6.04 Å². The summed E-state index contributed by atoms with van der Waals surface area (Å²) in [6.07, 6.45) is 5.33. The van der Waals surface area contributed by atoms with Crippen molar-refractivity contribution in [1.82, 2.24) is 9.80 Å². The van der Waals surface area contributed by atoms with Crippen LogP contribution in [0.1, 0.15) is 32.6 Å². The van der Waals surface area contributed by atoms with Crippen LogP contribution in [0.25, 0.3) is 0 Å². The maximum Gasteiger partial charge on any atom is 0.0519 e. The average molecular weight is 256 g/mol. The Hall–Kier alpha value is -0.160. The van der Waals surface area contributed by atoms with Gasteiger partial charge in [0.15, 0.2) is 0 Å². The van der Waals surface area contributed by atoms with Crippen LogP contribution < -0.4 is 0 Å². The van der Waals surface area contributed by atoms with Gasteiger partial charge in [-0.15, -0.1) is 0 Å². The molecule has 18 heavy (non-hydrogen) atoms. The second-order valence-electron chi connectivity index (χ2n) is 6.40. The van der Waals surface area contributed by atoms with Crippen molar-refractivity contribution in [3.63, 3.8) is 0 Å². The second-order valence-corrected chi connectivity index (χ2v) is 6.40. The minimum absolute atomic E-state index is 0.0639. The van der Waals surface area contributed by atoms with Crippen molar-refractivity contribution in [1.29, 1.82) is 0 Å². The highest BCUT2D eigenvalue weighted by atomic mass is 16.3. The standard InChI is InChI=1S/C14H28N2O2/c1-14(11-17,12-18)10-15-8-5-13(9-15)16-6-3-2-4-7-16/h13,17-18H,2-12H2,1H3. The van der Waals surface area contributed by atoms with E-state index in [-0.39, 0.29) is 18.6 Å². The summed E-state index contributed by atoms with van der Waals surface area (Å²) in [4.78, 5) is 5.05. The molecule has 106 valence electrons. The molecule has 2 fully saturated rings. The molecule has 0 aliphatic carbocycles. The molecule has 0 saturated carbocycles. The maximum absolute atomic E-state index is 9.36. The third kappa shape index (κ3) is 3.44. The fourth-order valence-corrected chi connectivity index (χ4v) is 3.23. The SMILES string of the molecule is CC(CO)(CO)CN1CCC(N2CCCCC2)C1. The minimum Gasteiger partial charge on any atom is -0.396 e. The summed E-state index contributed by atoms with van der Waals surface area (Å²) in [5, 5.41) is 18.7. The Bertz CT molecular complexity index is 250. The molecule has 4 nitrogen and oxygen atoms in total. The molecule has 2 aliphatic heterocycles. The number of nitrogens with zero attached hydrogens (tertiary/aromatic N) is 2. The second kappa shape index (κ2) is 6.33. The first-order valence-electron chi connectivity index (χ1n) is 7.35. The number of hydrogen-bond donors (Lipinski definition) is 2. The predicted molar refractivity (Wildman–Crippen MR) is 72.5 cm³/mol. The van der Waals surface area contributed by atoms with E-state index in [2.05, 4.69) is 9.80 Å². The molecule has 2 heterocycles. The molecule has 0 aromatic heterocycles. The predicted octanol–water partition coefficient (Wildman–Crippen LogP) is 0.537. The Kier molecular flexibility index (Phi) is 5.01. The molecule has 0 bridgehead atoms. The van der Waals surface area contributed by atoms with Gasteiger partial charge < -0.3 is 15.1 Å². The highest BCUT2D eigenvalue weighted by Gasteiger charge is 2.32. The molecule has 4 heteroatoms. The van der Waals surface area contributed by atoms with Crippen molar-refractivity contribution < 1.29 is 10.2 Å². The summed E-state index contributed by atoms with van der Waals surface area (Å²) in [5.41, 5.74) is -0.350. The summed E-state index contributed by atoms with van der Waals surface area (Å²) in [6, 6.07) is 0.701. The first-order chi connectivity index (χ1) is 8.67. The van der Waals surface area contributed by atoms with Crippen molar-refractivity contribution in [3.8, 4) is 0 Å². The summed E-state index contributed by atoms with van der Waals surface area (Å²) in [6.45, 7) is 7.63. The average Bonchev–Trinajstić information content (AvgIpc) is 2.88. The van der Waals surface area contributed by atoms with Crippen LogP contribution in [-0.4, -0.2) is 72.0 Å². The van der Waals surface area contributed by atoms with Gasteiger partial charge in [-0.2, -0.15) is 0 Å². The van der Waals surface area contributed by atoms with E-state index >= 15 is 0 Å². The smallest absolute Gasteiger partial charge is 0.0519 e. The van der Waals surface area contributed by atoms with Crippen LogP contribution in [0.2, 0.25) is 0 Å². The van der Waals surface area contributed by atoms with Crippen LogP contribution in [0, 0.1) is 5.41 Å². The zero-order chi connectivity index (χ0) is 13.0. The fraction of sp³-hybridized carbons (Fsp3) is 1.00. The van der Waals surface area contributed by atoms with Crippen LogP contribution >= 0.6 is 0 Å². The molecule has 2 N–H and O–H groups in total. The van der Waals surface area contributed by atoms with Gasteiger partial charge in [0.1, 0.15) is 0 Å². The van der Waals surface area contributed by atoms with Gasteiger partial charge in [-0.05, 0) is 38.9 Å². The summed E-state index contributed by atoms with van der Waals surface area (Å²) >= 11 is 0. The summed E-state index contributed by atoms with van der Waals surface area (Å²) in [5.74, 6) is 0. The zero-order valence-electron chi connectivity index (χ0n) is 11.6. The Morgan fingerprint density at radius 3 is 2.33 bits per heavy atom. The van der Waals surface area contributed by atoms with Crippen molar-refractivity contribution in [2.75, 3.05) is 45.9 Å². The van der Waals surface area contributed by atoms with Crippen molar-refractivity contribution >= 4 is 0 Å². The largest absolute Gasteiger partial charge is 0.396 e. The summed E-state index contributed by atoms with van der Waals surface area (Å²) in [7, 11) is 0. The van der Waals surface area contributed by atoms with E-state index in [1.165, 1.54) is 38.8 Å². The van der Waals surface area contributed by atoms with Gasteiger partial charge in [0.25, 0.3) is 0 Å². The molecule has 0 aromatic carbocycles. The first kappa shape index (κ1) is 14.3. The molecule has 0 amide bonds. The van der Waals surface area contributed by atoms with Gasteiger partial charge in [0, 0.05) is 24.5 Å². The normalized spacial score (nSPS) is 27.8. The van der Waals surface area contributed by atoms with Gasteiger partial charge in [0.05, 0.1) is 13.2 Å². The lowest BCUT2D eigenvalue weighted by atomic mass is 9.92. The third-order valence-corrected chi connectivity index (χ3v) is 4.52. The molecule has 0 spiro atoms. The number of piperidine rings is 1. The molecular formula is C14H28N2O2. The van der Waals surface area contributed by atoms with Crippen molar-refractivity contribution in [2.45, 2.75) is 38.6 Å². The lowest BCUT2D eigenvalue weighted by Gasteiger charge is -2.33. The van der Waals surface area contributed by atoms with Crippen LogP contribution in [0.5, 0.6) is 0 Å². The Balaban J connectivity index is 1.80. The fourth-order valence-electron chi connectivity index (χ4n) is 3.23. The quantitative estimate of drug-likeness (QED) is 0.753. The Morgan fingerprint density at radius 2 is 1.72 bits per heavy atom. The molecular weight excluding hydrogens is 228 g/mol. The van der Waals surface area contributed by atoms with E-state index in [0.717, 1.165) is 19.6 Å². The van der Waals surface area contributed by atoms with E-state index < -0.39 is 0 Å². The minimum atomic E-state index is -0.350. The lowest BCUT2D eigenvalue weighted by Crippen LogP contribution is -2.43. The number of aliphatic hydroxyl groups is 2. The Morgan fingerprint density at radius 1 is 1.06 bits per heavy atom. The van der Waals surface area contributed by atoms with Crippen LogP contribution in [0.3, 0.4) is 0 Å². The maximum atomic E-state index is 9.36. The molecule has 2 rings (SSSR count). The number of hydrogen-bond acceptors (Lipinski definition) is 4. The van der Waals surface area contributed by atoms with Crippen molar-refractivity contribution in [3.05, 3.63) is 0 Å². The van der Waals surface area contributed by atoms with Crippen LogP contribution in [0.4, 0.5) is 0 Å². The number of likely N-dealkylation sites (tertiary alicyclic amines) is 2. The highest BCUT2D eigenvalue weighted by Crippen LogP contribution is 2.24. The topological polar surface area (TPSA) is 46.9 Å². The molecule has 0 radical (unpaired) electrons. The Labute approximate surface area is 111 Å². The van der Waals surface area contributed by atoms with E-state index in [4.69, 9.17) is 0 Å². The van der Waals surface area contributed by atoms with Gasteiger partial charge in [0.2, 0.25) is 0 Å². The van der Waals surface area contributed by atoms with Gasteiger partial charge in [-0.25, -0.2) is 0 Å². The van der Waals surface area contributed by atoms with Crippen molar-refractivity contribution in [2.24, 2.45) is 5.41 Å². The van der Waals surface area contributed by atoms with E-state index in [1.54, 1.807) is 0 Å². The summed E-state index contributed by atoms with van der Waals surface area (Å²) < 4.78 is 0. The van der Waals surface area contributed by atoms with Gasteiger partial charge in [-0.1, -0.05) is 13.3 Å². The third-order valence-electron chi connectivity index (χ3n) is 4.52. The van der Waals surface area contributed by atoms with Crippen LogP contribution in [0.15, 0.2) is 0 Å². The monoisotopic (exact) mass is 256 g/mol. The number of aliphatic hydroxyl groups excluding tert-OH is 2. The molecule has 1 unspecified atom stereocenters. The van der Waals surface area contributed by atoms with E-state index in [9.17, 15) is 10.2 Å². The molecule has 2 saturated heterocycles. The van der Waals surface area contributed by atoms with Gasteiger partial charge >= 0.3 is 0 Å². The highest BCUT2D eigenvalue weighted by molar-refractivity contribution is 4.88. The molecule has 1 atom stereocenters. The zero-order valence-corrected chi connectivity index (χ0v) is 11.6.